The first-order chi connectivity index (χ1) is 14.3. The molecule has 30 heavy (non-hydrogen) atoms. The number of para-hydroxylation sites is 1. The predicted octanol–water partition coefficient (Wildman–Crippen LogP) is 2.52. The van der Waals surface area contributed by atoms with E-state index in [1.54, 1.807) is 37.4 Å². The van der Waals surface area contributed by atoms with E-state index in [0.717, 1.165) is 0 Å². The highest BCUT2D eigenvalue weighted by atomic mass is 32.2. The normalized spacial score (nSPS) is 11.5. The van der Waals surface area contributed by atoms with E-state index >= 15 is 0 Å². The van der Waals surface area contributed by atoms with Crippen molar-refractivity contribution in [1.82, 2.24) is 14.9 Å². The van der Waals surface area contributed by atoms with Crippen molar-refractivity contribution in [2.45, 2.75) is 11.4 Å². The third-order valence-corrected chi connectivity index (χ3v) is 5.88. The van der Waals surface area contributed by atoms with Crippen molar-refractivity contribution < 1.29 is 17.6 Å². The standard InChI is InChI=1S/C20H18N4O5S/c1-24(12-13-5-4-10-29-13)19(25)15-6-2-3-7-16(15)23-30(27,28)14-8-9-17-18(11-14)22-20(26)21-17/h2-11,23H,12H2,1H3,(H2,21,22,26). The van der Waals surface area contributed by atoms with Crippen LogP contribution in [-0.4, -0.2) is 36.2 Å². The van der Waals surface area contributed by atoms with Gasteiger partial charge in [0.2, 0.25) is 0 Å². The number of carbonyl (C=O) groups is 1. The van der Waals surface area contributed by atoms with E-state index in [1.165, 1.54) is 35.4 Å². The minimum absolute atomic E-state index is 0.0450. The van der Waals surface area contributed by atoms with E-state index in [0.29, 0.717) is 16.8 Å². The van der Waals surface area contributed by atoms with E-state index in [1.807, 2.05) is 0 Å². The minimum Gasteiger partial charge on any atom is -0.467 e. The fraction of sp³-hybridized carbons (Fsp3) is 0.100. The molecule has 0 aliphatic carbocycles. The van der Waals surface area contributed by atoms with Gasteiger partial charge in [0, 0.05) is 7.05 Å². The van der Waals surface area contributed by atoms with Crippen LogP contribution in [0.4, 0.5) is 5.69 Å². The molecular formula is C20H18N4O5S. The van der Waals surface area contributed by atoms with E-state index in [-0.39, 0.29) is 28.6 Å². The Morgan fingerprint density at radius 1 is 1.07 bits per heavy atom. The van der Waals surface area contributed by atoms with E-state index in [9.17, 15) is 18.0 Å². The number of imidazole rings is 1. The Morgan fingerprint density at radius 3 is 2.60 bits per heavy atom. The molecule has 0 unspecified atom stereocenters. The Balaban J connectivity index is 1.62. The monoisotopic (exact) mass is 426 g/mol. The van der Waals surface area contributed by atoms with Gasteiger partial charge in [0.1, 0.15) is 5.76 Å². The molecule has 0 saturated carbocycles. The molecule has 0 saturated heterocycles. The van der Waals surface area contributed by atoms with Crippen LogP contribution >= 0.6 is 0 Å². The maximum absolute atomic E-state index is 12.9. The molecule has 0 radical (unpaired) electrons. The van der Waals surface area contributed by atoms with E-state index < -0.39 is 15.7 Å². The van der Waals surface area contributed by atoms with Gasteiger partial charge in [-0.05, 0) is 42.5 Å². The molecule has 0 spiro atoms. The van der Waals surface area contributed by atoms with Crippen LogP contribution in [0.1, 0.15) is 16.1 Å². The van der Waals surface area contributed by atoms with Crippen molar-refractivity contribution in [2.75, 3.05) is 11.8 Å². The largest absolute Gasteiger partial charge is 0.467 e. The number of aromatic amines is 2. The molecule has 4 rings (SSSR count). The average molecular weight is 426 g/mol. The van der Waals surface area contributed by atoms with Gasteiger partial charge in [-0.2, -0.15) is 0 Å². The molecule has 3 N–H and O–H groups in total. The highest BCUT2D eigenvalue weighted by Crippen LogP contribution is 2.23. The summed E-state index contributed by atoms with van der Waals surface area (Å²) in [4.78, 5) is 30.8. The van der Waals surface area contributed by atoms with Gasteiger partial charge < -0.3 is 19.3 Å². The maximum Gasteiger partial charge on any atom is 0.323 e. The van der Waals surface area contributed by atoms with Crippen LogP contribution in [0.3, 0.4) is 0 Å². The SMILES string of the molecule is CN(Cc1ccco1)C(=O)c1ccccc1NS(=O)(=O)c1ccc2[nH]c(=O)[nH]c2c1. The Labute approximate surface area is 171 Å². The van der Waals surface area contributed by atoms with Crippen LogP contribution in [0.25, 0.3) is 11.0 Å². The quantitative estimate of drug-likeness (QED) is 0.436. The summed E-state index contributed by atoms with van der Waals surface area (Å²) in [6, 6.07) is 14.1. The van der Waals surface area contributed by atoms with Crippen molar-refractivity contribution in [3.63, 3.8) is 0 Å². The summed E-state index contributed by atoms with van der Waals surface area (Å²) in [5, 5.41) is 0. The van der Waals surface area contributed by atoms with Gasteiger partial charge >= 0.3 is 5.69 Å². The number of fused-ring (bicyclic) bond motifs is 1. The molecule has 10 heteroatoms. The summed E-state index contributed by atoms with van der Waals surface area (Å²) in [7, 11) is -2.40. The summed E-state index contributed by atoms with van der Waals surface area (Å²) < 4.78 is 33.5. The second-order valence-corrected chi connectivity index (χ2v) is 8.36. The molecule has 0 fully saturated rings. The van der Waals surface area contributed by atoms with Crippen LogP contribution in [-0.2, 0) is 16.6 Å². The van der Waals surface area contributed by atoms with Crippen LogP contribution in [0, 0.1) is 0 Å². The van der Waals surface area contributed by atoms with Crippen molar-refractivity contribution in [2.24, 2.45) is 0 Å². The second-order valence-electron chi connectivity index (χ2n) is 6.68. The molecule has 2 aromatic carbocycles. The van der Waals surface area contributed by atoms with Crippen LogP contribution in [0.15, 0.2) is 75.0 Å². The number of H-pyrrole nitrogens is 2. The Hall–Kier alpha value is -3.79. The fourth-order valence-electron chi connectivity index (χ4n) is 3.05. The first-order valence-corrected chi connectivity index (χ1v) is 10.4. The van der Waals surface area contributed by atoms with Crippen molar-refractivity contribution >= 4 is 32.7 Å². The maximum atomic E-state index is 12.9. The summed E-state index contributed by atoms with van der Waals surface area (Å²) in [5.74, 6) is 0.243. The summed E-state index contributed by atoms with van der Waals surface area (Å²) in [6.45, 7) is 0.241. The number of hydrogen-bond donors (Lipinski definition) is 3. The lowest BCUT2D eigenvalue weighted by molar-refractivity contribution is 0.0776. The Kier molecular flexibility index (Phi) is 4.92. The number of nitrogens with zero attached hydrogens (tertiary/aromatic N) is 1. The molecule has 1 amide bonds. The Bertz CT molecular complexity index is 1370. The highest BCUT2D eigenvalue weighted by molar-refractivity contribution is 7.92. The van der Waals surface area contributed by atoms with Crippen molar-refractivity contribution in [3.05, 3.63) is 82.7 Å². The average Bonchev–Trinajstić information content (AvgIpc) is 3.35. The number of sulfonamides is 1. The minimum atomic E-state index is -4.00. The number of furan rings is 1. The number of benzene rings is 2. The van der Waals surface area contributed by atoms with Gasteiger partial charge in [-0.25, -0.2) is 13.2 Å². The van der Waals surface area contributed by atoms with Gasteiger partial charge in [0.05, 0.1) is 40.0 Å². The summed E-state index contributed by atoms with van der Waals surface area (Å²) >= 11 is 0. The first-order valence-electron chi connectivity index (χ1n) is 8.95. The Morgan fingerprint density at radius 2 is 1.83 bits per heavy atom. The zero-order valence-corrected chi connectivity index (χ0v) is 16.7. The molecule has 4 aromatic rings. The lowest BCUT2D eigenvalue weighted by Crippen LogP contribution is -2.27. The van der Waals surface area contributed by atoms with E-state index in [2.05, 4.69) is 14.7 Å². The van der Waals surface area contributed by atoms with E-state index in [4.69, 9.17) is 4.42 Å². The molecule has 9 nitrogen and oxygen atoms in total. The zero-order valence-electron chi connectivity index (χ0n) is 15.9. The summed E-state index contributed by atoms with van der Waals surface area (Å²) in [5.41, 5.74) is 0.783. The fourth-order valence-corrected chi connectivity index (χ4v) is 4.16. The number of hydrogen-bond acceptors (Lipinski definition) is 5. The third kappa shape index (κ3) is 3.85. The predicted molar refractivity (Wildman–Crippen MR) is 111 cm³/mol. The molecule has 0 aliphatic heterocycles. The van der Waals surface area contributed by atoms with Gasteiger partial charge in [0.25, 0.3) is 15.9 Å². The first kappa shape index (κ1) is 19.5. The second kappa shape index (κ2) is 7.56. The van der Waals surface area contributed by atoms with Crippen molar-refractivity contribution in [3.8, 4) is 0 Å². The number of anilines is 1. The molecule has 2 aromatic heterocycles. The van der Waals surface area contributed by atoms with Crippen molar-refractivity contribution in [1.29, 1.82) is 0 Å². The smallest absolute Gasteiger partial charge is 0.323 e. The number of amides is 1. The van der Waals surface area contributed by atoms with Gasteiger partial charge in [-0.15, -0.1) is 0 Å². The molecular weight excluding hydrogens is 408 g/mol. The molecule has 0 atom stereocenters. The zero-order chi connectivity index (χ0) is 21.3. The molecule has 154 valence electrons. The summed E-state index contributed by atoms with van der Waals surface area (Å²) in [6.07, 6.45) is 1.52. The topological polar surface area (TPSA) is 128 Å². The third-order valence-electron chi connectivity index (χ3n) is 4.52. The van der Waals surface area contributed by atoms with Gasteiger partial charge in [-0.3, -0.25) is 9.52 Å². The lowest BCUT2D eigenvalue weighted by atomic mass is 10.1. The molecule has 0 aliphatic rings. The number of carbonyl (C=O) groups excluding carboxylic acids is 1. The number of rotatable bonds is 6. The van der Waals surface area contributed by atoms with Gasteiger partial charge in [0.15, 0.2) is 0 Å². The van der Waals surface area contributed by atoms with Crippen LogP contribution in [0.5, 0.6) is 0 Å². The number of aromatic nitrogens is 2. The van der Waals surface area contributed by atoms with Crippen LogP contribution < -0.4 is 10.4 Å². The highest BCUT2D eigenvalue weighted by Gasteiger charge is 2.21. The molecule has 0 bridgehead atoms. The van der Waals surface area contributed by atoms with Gasteiger partial charge in [-0.1, -0.05) is 12.1 Å². The molecule has 2 heterocycles. The van der Waals surface area contributed by atoms with Crippen LogP contribution in [0.2, 0.25) is 0 Å². The number of nitrogens with one attached hydrogen (secondary N) is 3. The lowest BCUT2D eigenvalue weighted by Gasteiger charge is -2.18.